The fraction of sp³-hybridized carbons (Fsp3) is 0.625. The van der Waals surface area contributed by atoms with Crippen molar-refractivity contribution < 1.29 is 34.0 Å². The lowest BCUT2D eigenvalue weighted by Gasteiger charge is -2.47. The zero-order chi connectivity index (χ0) is 42.2. The van der Waals surface area contributed by atoms with Crippen LogP contribution in [0.3, 0.4) is 0 Å². The Morgan fingerprint density at radius 1 is 1.02 bits per heavy atom. The Bertz CT molecular complexity index is 1940. The molecule has 3 N–H and O–H groups in total. The first-order valence-corrected chi connectivity index (χ1v) is 24.1. The average molecular weight is 847 g/mol. The molecule has 11 heteroatoms. The van der Waals surface area contributed by atoms with Gasteiger partial charge in [-0.3, -0.25) is 4.98 Å². The van der Waals surface area contributed by atoms with Crippen LogP contribution in [0.4, 0.5) is 5.69 Å². The van der Waals surface area contributed by atoms with Crippen LogP contribution in [0.15, 0.2) is 48.7 Å². The first kappa shape index (κ1) is 43.8. The molecule has 59 heavy (non-hydrogen) atoms. The van der Waals surface area contributed by atoms with Crippen molar-refractivity contribution in [2.24, 2.45) is 23.7 Å². The Kier molecular flexibility index (Phi) is 13.3. The molecule has 1 aliphatic heterocycles. The molecule has 4 aliphatic rings. The largest absolute Gasteiger partial charge is 0.493 e. The van der Waals surface area contributed by atoms with E-state index in [-0.39, 0.29) is 41.7 Å². The summed E-state index contributed by atoms with van der Waals surface area (Å²) in [4.78, 5) is 18.5. The highest BCUT2D eigenvalue weighted by Gasteiger charge is 2.55. The van der Waals surface area contributed by atoms with Gasteiger partial charge in [-0.25, -0.2) is 4.79 Å². The number of pyridine rings is 1. The molecule has 2 aromatic carbocycles. The van der Waals surface area contributed by atoms with E-state index in [1.807, 2.05) is 36.5 Å². The van der Waals surface area contributed by atoms with Crippen molar-refractivity contribution in [3.05, 3.63) is 76.1 Å². The second-order valence-electron chi connectivity index (χ2n) is 19.0. The fourth-order valence-corrected chi connectivity index (χ4v) is 16.1. The SMILES string of the molecule is COC(=O)C1(Nc2cccc(Cl)c2)CCC2(CC1)c1cc3c(cc1C[C@@H]2C[C@@H](C)COc1ccnc2c1[C@H](C)CC(C(C)[Si+](C(C)C)C(C)C)[C@@H]2O)OCC(CO)CO3. The number of ether oxygens (including phenoxy) is 4. The van der Waals surface area contributed by atoms with Crippen molar-refractivity contribution in [2.45, 2.75) is 133 Å². The fourth-order valence-electron chi connectivity index (χ4n) is 11.7. The van der Waals surface area contributed by atoms with Crippen molar-refractivity contribution >= 4 is 32.1 Å². The summed E-state index contributed by atoms with van der Waals surface area (Å²) in [6, 6.07) is 13.9. The molecular weight excluding hydrogens is 780 g/mol. The molecule has 0 amide bonds. The highest BCUT2D eigenvalue weighted by atomic mass is 35.5. The van der Waals surface area contributed by atoms with E-state index in [0.717, 1.165) is 66.3 Å². The molecule has 2 heterocycles. The number of rotatable bonds is 13. The smallest absolute Gasteiger partial charge is 0.331 e. The summed E-state index contributed by atoms with van der Waals surface area (Å²) in [6.07, 6.45) is 6.71. The minimum atomic E-state index is -0.892. The number of aliphatic hydroxyl groups excluding tert-OH is 2. The highest BCUT2D eigenvalue weighted by molar-refractivity contribution is 6.63. The lowest BCUT2D eigenvalue weighted by atomic mass is 9.59. The van der Waals surface area contributed by atoms with E-state index in [1.54, 1.807) is 0 Å². The van der Waals surface area contributed by atoms with Crippen LogP contribution in [-0.2, 0) is 21.4 Å². The summed E-state index contributed by atoms with van der Waals surface area (Å²) in [5.74, 6) is 2.89. The number of halogens is 1. The van der Waals surface area contributed by atoms with Crippen LogP contribution in [0.5, 0.6) is 17.2 Å². The molecule has 1 aromatic heterocycles. The van der Waals surface area contributed by atoms with Crippen LogP contribution in [0.25, 0.3) is 0 Å². The van der Waals surface area contributed by atoms with Crippen molar-refractivity contribution in [1.29, 1.82) is 0 Å². The third kappa shape index (κ3) is 8.62. The molecule has 7 rings (SSSR count). The van der Waals surface area contributed by atoms with E-state index in [1.165, 1.54) is 18.2 Å². The predicted octanol–water partition coefficient (Wildman–Crippen LogP) is 10.1. The Hall–Kier alpha value is -3.31. The number of carbonyl (C=O) groups is 1. The zero-order valence-electron chi connectivity index (χ0n) is 36.4. The van der Waals surface area contributed by atoms with Gasteiger partial charge in [0.25, 0.3) is 0 Å². The number of hydrogen-bond acceptors (Lipinski definition) is 9. The maximum atomic E-state index is 13.7. The lowest BCUT2D eigenvalue weighted by Crippen LogP contribution is -2.53. The number of nitrogens with one attached hydrogen (secondary N) is 1. The molecule has 1 fully saturated rings. The molecular formula is C48H66ClN2O7Si+. The number of aromatic nitrogens is 1. The molecule has 0 bridgehead atoms. The van der Waals surface area contributed by atoms with E-state index < -0.39 is 20.4 Å². The first-order valence-electron chi connectivity index (χ1n) is 22.0. The predicted molar refractivity (Wildman–Crippen MR) is 236 cm³/mol. The van der Waals surface area contributed by atoms with E-state index in [0.29, 0.717) is 60.2 Å². The third-order valence-corrected chi connectivity index (χ3v) is 18.8. The molecule has 320 valence electrons. The summed E-state index contributed by atoms with van der Waals surface area (Å²) >= 11 is 6.37. The van der Waals surface area contributed by atoms with E-state index >= 15 is 0 Å². The molecule has 9 nitrogen and oxygen atoms in total. The topological polar surface area (TPSA) is 119 Å². The molecule has 7 atom stereocenters. The van der Waals surface area contributed by atoms with Crippen LogP contribution >= 0.6 is 11.6 Å². The van der Waals surface area contributed by atoms with Gasteiger partial charge in [-0.1, -0.05) is 31.5 Å². The van der Waals surface area contributed by atoms with Gasteiger partial charge in [0.05, 0.1) is 61.8 Å². The van der Waals surface area contributed by atoms with Gasteiger partial charge >= 0.3 is 14.8 Å². The minimum absolute atomic E-state index is 0.00840. The monoisotopic (exact) mass is 845 g/mol. The standard InChI is InChI=1S/C48H66ClN2O7Si/c1-28(2)59(29(3)4)32(7)38-19-31(6)43-40(12-17-50-44(43)45(38)53)56-25-30(5)18-35-20-34-21-41-42(58-27-33(24-52)26-57-41)23-39(34)47(35)13-15-48(16-14-47,46(54)55-8)51-37-11-9-10-36(49)22-37/h9-12,17,21-23,28-33,35,38,45,51-53H,13-16,18-20,24-27H2,1-8H3/q+1/t30-,31-,32?,33?,35+,38?,45+,47?,48?/m1/s1. The first-order chi connectivity index (χ1) is 28.2. The van der Waals surface area contributed by atoms with Crippen LogP contribution in [0, 0.1) is 23.7 Å². The van der Waals surface area contributed by atoms with Crippen LogP contribution < -0.4 is 19.5 Å². The van der Waals surface area contributed by atoms with Crippen molar-refractivity contribution in [3.63, 3.8) is 0 Å². The lowest BCUT2D eigenvalue weighted by molar-refractivity contribution is -0.148. The molecule has 3 aliphatic carbocycles. The van der Waals surface area contributed by atoms with Gasteiger partial charge in [-0.15, -0.1) is 0 Å². The number of methoxy groups -OCH3 is 1. The Balaban J connectivity index is 1.12. The molecule has 3 unspecified atom stereocenters. The Morgan fingerprint density at radius 3 is 2.36 bits per heavy atom. The van der Waals surface area contributed by atoms with Gasteiger partial charge in [0, 0.05) is 28.4 Å². The molecule has 0 radical (unpaired) electrons. The van der Waals surface area contributed by atoms with Crippen molar-refractivity contribution in [3.8, 4) is 17.2 Å². The maximum absolute atomic E-state index is 13.7. The number of hydrogen-bond donors (Lipinski definition) is 3. The Labute approximate surface area is 358 Å². The minimum Gasteiger partial charge on any atom is -0.493 e. The van der Waals surface area contributed by atoms with E-state index in [4.69, 9.17) is 35.5 Å². The van der Waals surface area contributed by atoms with E-state index in [2.05, 4.69) is 65.9 Å². The summed E-state index contributed by atoms with van der Waals surface area (Å²) in [5, 5.41) is 25.9. The number of fused-ring (bicyclic) bond motifs is 4. The van der Waals surface area contributed by atoms with Gasteiger partial charge < -0.3 is 34.5 Å². The van der Waals surface area contributed by atoms with Gasteiger partial charge in [-0.2, -0.15) is 0 Å². The number of benzene rings is 2. The number of anilines is 1. The van der Waals surface area contributed by atoms with Gasteiger partial charge in [0.1, 0.15) is 17.4 Å². The summed E-state index contributed by atoms with van der Waals surface area (Å²) in [5.41, 5.74) is 5.84. The average Bonchev–Trinajstić information content (AvgIpc) is 3.33. The molecule has 1 saturated carbocycles. The normalized spacial score (nSPS) is 28.4. The number of nitrogens with zero attached hydrogens (tertiary/aromatic N) is 1. The van der Waals surface area contributed by atoms with Crippen molar-refractivity contribution in [1.82, 2.24) is 4.98 Å². The van der Waals surface area contributed by atoms with Gasteiger partial charge in [0.15, 0.2) is 11.5 Å². The van der Waals surface area contributed by atoms with E-state index in [9.17, 15) is 15.0 Å². The van der Waals surface area contributed by atoms with Crippen LogP contribution in [0.2, 0.25) is 21.6 Å². The molecule has 1 spiro atoms. The second-order valence-corrected chi connectivity index (χ2v) is 23.7. The molecule has 3 aromatic rings. The maximum Gasteiger partial charge on any atom is 0.331 e. The van der Waals surface area contributed by atoms with Crippen LogP contribution in [-0.4, -0.2) is 69.0 Å². The molecule has 0 saturated heterocycles. The second kappa shape index (κ2) is 18.0. The highest BCUT2D eigenvalue weighted by Crippen LogP contribution is 2.58. The zero-order valence-corrected chi connectivity index (χ0v) is 38.1. The summed E-state index contributed by atoms with van der Waals surface area (Å²) in [6.45, 7) is 17.7. The number of aliphatic hydroxyl groups is 2. The quantitative estimate of drug-likeness (QED) is 0.114. The van der Waals surface area contributed by atoms with Crippen LogP contribution in [0.1, 0.15) is 121 Å². The van der Waals surface area contributed by atoms with Gasteiger partial charge in [0.2, 0.25) is 0 Å². The van der Waals surface area contributed by atoms with Crippen molar-refractivity contribution in [2.75, 3.05) is 38.9 Å². The van der Waals surface area contributed by atoms with Gasteiger partial charge in [-0.05, 0) is 150 Å². The Morgan fingerprint density at radius 2 is 1.71 bits per heavy atom. The third-order valence-electron chi connectivity index (χ3n) is 14.4. The summed E-state index contributed by atoms with van der Waals surface area (Å²) < 4.78 is 24.7. The number of esters is 1. The number of carbonyl (C=O) groups excluding carboxylic acids is 1. The summed E-state index contributed by atoms with van der Waals surface area (Å²) in [7, 11) is 0.767.